The van der Waals surface area contributed by atoms with E-state index < -0.39 is 52.4 Å². The Morgan fingerprint density at radius 2 is 1.96 bits per heavy atom. The van der Waals surface area contributed by atoms with Gasteiger partial charge in [-0.3, -0.25) is 19.7 Å². The summed E-state index contributed by atoms with van der Waals surface area (Å²) in [5.74, 6) is -2.02. The second-order valence-corrected chi connectivity index (χ2v) is 4.80. The number of hydrogen-bond donors (Lipinski definition) is 1. The number of nitro groups is 1. The number of halogens is 3. The molecule has 0 aliphatic rings. The van der Waals surface area contributed by atoms with Gasteiger partial charge in [0.15, 0.2) is 6.61 Å². The number of nitrogens with one attached hydrogen (secondary N) is 1. The summed E-state index contributed by atoms with van der Waals surface area (Å²) in [5.41, 5.74) is -2.55. The van der Waals surface area contributed by atoms with Crippen molar-refractivity contribution in [1.29, 1.82) is 0 Å². The van der Waals surface area contributed by atoms with E-state index in [1.807, 2.05) is 5.32 Å². The van der Waals surface area contributed by atoms with Crippen LogP contribution in [0.4, 0.5) is 24.5 Å². The molecule has 0 atom stereocenters. The van der Waals surface area contributed by atoms with Crippen molar-refractivity contribution in [3.63, 3.8) is 0 Å². The fourth-order valence-electron chi connectivity index (χ4n) is 1.45. The molecule has 10 heteroatoms. The lowest BCUT2D eigenvalue weighted by atomic mass is 10.1. The highest BCUT2D eigenvalue weighted by molar-refractivity contribution is 5.95. The number of carbonyl (C=O) groups is 2. The third-order valence-corrected chi connectivity index (χ3v) is 2.61. The topological polar surface area (TPSA) is 98.5 Å². The predicted molar refractivity (Wildman–Crippen MR) is 72.5 cm³/mol. The third-order valence-electron chi connectivity index (χ3n) is 2.61. The lowest BCUT2D eigenvalue weighted by Gasteiger charge is -2.10. The number of esters is 1. The van der Waals surface area contributed by atoms with Crippen LogP contribution in [0.5, 0.6) is 0 Å². The molecule has 0 spiro atoms. The molecule has 1 N–H and O–H groups in total. The Bertz CT molecular complexity index is 629. The zero-order valence-electron chi connectivity index (χ0n) is 12.1. The number of anilines is 1. The second kappa shape index (κ2) is 7.07. The summed E-state index contributed by atoms with van der Waals surface area (Å²) in [4.78, 5) is 32.5. The first-order valence-electron chi connectivity index (χ1n) is 6.34. The molecular formula is C13H13F3N2O5. The van der Waals surface area contributed by atoms with Gasteiger partial charge in [0.25, 0.3) is 11.6 Å². The maximum atomic E-state index is 12.5. The zero-order chi connectivity index (χ0) is 17.8. The normalized spacial score (nSPS) is 11.2. The molecule has 0 bridgehead atoms. The summed E-state index contributed by atoms with van der Waals surface area (Å²) >= 11 is 0. The SMILES string of the molecule is CC(C)C(=O)OCC(=O)Nc1ccc(C(F)(F)F)cc1[N+](=O)[O-]. The summed E-state index contributed by atoms with van der Waals surface area (Å²) in [6.45, 7) is 2.39. The van der Waals surface area contributed by atoms with Crippen molar-refractivity contribution in [3.05, 3.63) is 33.9 Å². The van der Waals surface area contributed by atoms with E-state index in [1.165, 1.54) is 0 Å². The Labute approximate surface area is 128 Å². The van der Waals surface area contributed by atoms with Crippen molar-refractivity contribution in [2.45, 2.75) is 20.0 Å². The first kappa shape index (κ1) is 18.4. The predicted octanol–water partition coefficient (Wildman–Crippen LogP) is 2.75. The number of hydrogen-bond acceptors (Lipinski definition) is 5. The Balaban J connectivity index is 2.90. The first-order chi connectivity index (χ1) is 10.5. The van der Waals surface area contributed by atoms with Crippen LogP contribution < -0.4 is 5.32 Å². The maximum Gasteiger partial charge on any atom is 0.416 e. The van der Waals surface area contributed by atoms with Gasteiger partial charge in [-0.1, -0.05) is 13.8 Å². The number of nitro benzene ring substituents is 1. The lowest BCUT2D eigenvalue weighted by Crippen LogP contribution is -2.23. The number of amides is 1. The monoisotopic (exact) mass is 334 g/mol. The van der Waals surface area contributed by atoms with Gasteiger partial charge in [-0.05, 0) is 12.1 Å². The number of ether oxygens (including phenoxy) is 1. The minimum Gasteiger partial charge on any atom is -0.455 e. The van der Waals surface area contributed by atoms with Gasteiger partial charge in [-0.15, -0.1) is 0 Å². The highest BCUT2D eigenvalue weighted by Gasteiger charge is 2.33. The van der Waals surface area contributed by atoms with Gasteiger partial charge < -0.3 is 10.1 Å². The average molecular weight is 334 g/mol. The molecule has 1 rings (SSSR count). The van der Waals surface area contributed by atoms with Crippen LogP contribution in [0.3, 0.4) is 0 Å². The van der Waals surface area contributed by atoms with E-state index in [2.05, 4.69) is 4.74 Å². The Kier molecular flexibility index (Phi) is 5.66. The molecule has 0 fully saturated rings. The van der Waals surface area contributed by atoms with Crippen LogP contribution in [0.2, 0.25) is 0 Å². The van der Waals surface area contributed by atoms with Crippen LogP contribution in [0.1, 0.15) is 19.4 Å². The van der Waals surface area contributed by atoms with Gasteiger partial charge in [0.05, 0.1) is 16.4 Å². The largest absolute Gasteiger partial charge is 0.455 e. The van der Waals surface area contributed by atoms with E-state index in [9.17, 15) is 32.9 Å². The molecule has 1 aromatic rings. The van der Waals surface area contributed by atoms with Gasteiger partial charge in [0, 0.05) is 6.07 Å². The van der Waals surface area contributed by atoms with Crippen molar-refractivity contribution in [3.8, 4) is 0 Å². The molecule has 0 radical (unpaired) electrons. The molecule has 0 aromatic heterocycles. The molecule has 0 heterocycles. The molecule has 0 saturated carbocycles. The van der Waals surface area contributed by atoms with Gasteiger partial charge in [-0.2, -0.15) is 13.2 Å². The van der Waals surface area contributed by atoms with Gasteiger partial charge in [0.1, 0.15) is 5.69 Å². The molecule has 23 heavy (non-hydrogen) atoms. The minimum absolute atomic E-state index is 0.315. The Morgan fingerprint density at radius 3 is 2.43 bits per heavy atom. The molecule has 7 nitrogen and oxygen atoms in total. The molecule has 126 valence electrons. The first-order valence-corrected chi connectivity index (χ1v) is 6.34. The van der Waals surface area contributed by atoms with Crippen LogP contribution in [0, 0.1) is 16.0 Å². The van der Waals surface area contributed by atoms with E-state index in [0.29, 0.717) is 12.1 Å². The quantitative estimate of drug-likeness (QED) is 0.507. The van der Waals surface area contributed by atoms with E-state index in [0.717, 1.165) is 6.07 Å². The van der Waals surface area contributed by atoms with Crippen molar-refractivity contribution in [2.75, 3.05) is 11.9 Å². The summed E-state index contributed by atoms with van der Waals surface area (Å²) in [7, 11) is 0. The highest BCUT2D eigenvalue weighted by Crippen LogP contribution is 2.34. The van der Waals surface area contributed by atoms with Gasteiger partial charge in [0.2, 0.25) is 0 Å². The number of benzene rings is 1. The van der Waals surface area contributed by atoms with Crippen molar-refractivity contribution in [2.24, 2.45) is 5.92 Å². The fourth-order valence-corrected chi connectivity index (χ4v) is 1.45. The van der Waals surface area contributed by atoms with E-state index in [1.54, 1.807) is 13.8 Å². The number of rotatable bonds is 5. The van der Waals surface area contributed by atoms with Crippen molar-refractivity contribution < 1.29 is 32.4 Å². The Hall–Kier alpha value is -2.65. The van der Waals surface area contributed by atoms with E-state index >= 15 is 0 Å². The van der Waals surface area contributed by atoms with Crippen LogP contribution >= 0.6 is 0 Å². The third kappa shape index (κ3) is 5.24. The number of nitrogens with zero attached hydrogens (tertiary/aromatic N) is 1. The van der Waals surface area contributed by atoms with Gasteiger partial charge in [-0.25, -0.2) is 0 Å². The van der Waals surface area contributed by atoms with E-state index in [4.69, 9.17) is 0 Å². The van der Waals surface area contributed by atoms with Crippen LogP contribution in [-0.2, 0) is 20.5 Å². The molecule has 0 aliphatic heterocycles. The summed E-state index contributed by atoms with van der Waals surface area (Å²) in [5, 5.41) is 12.9. The van der Waals surface area contributed by atoms with Crippen LogP contribution in [0.25, 0.3) is 0 Å². The van der Waals surface area contributed by atoms with E-state index in [-0.39, 0.29) is 0 Å². The number of carbonyl (C=O) groups excluding carboxylic acids is 2. The number of alkyl halides is 3. The Morgan fingerprint density at radius 1 is 1.35 bits per heavy atom. The van der Waals surface area contributed by atoms with Gasteiger partial charge >= 0.3 is 12.1 Å². The molecule has 1 aromatic carbocycles. The van der Waals surface area contributed by atoms with Crippen LogP contribution in [0.15, 0.2) is 18.2 Å². The average Bonchev–Trinajstić information content (AvgIpc) is 2.43. The summed E-state index contributed by atoms with van der Waals surface area (Å²) < 4.78 is 42.2. The molecular weight excluding hydrogens is 321 g/mol. The molecule has 0 saturated heterocycles. The van der Waals surface area contributed by atoms with Crippen LogP contribution in [-0.4, -0.2) is 23.4 Å². The molecule has 0 aliphatic carbocycles. The summed E-state index contributed by atoms with van der Waals surface area (Å²) in [6, 6.07) is 1.68. The molecule has 0 unspecified atom stereocenters. The maximum absolute atomic E-state index is 12.5. The second-order valence-electron chi connectivity index (χ2n) is 4.80. The fraction of sp³-hybridized carbons (Fsp3) is 0.385. The smallest absolute Gasteiger partial charge is 0.416 e. The highest BCUT2D eigenvalue weighted by atomic mass is 19.4. The minimum atomic E-state index is -4.75. The molecule has 1 amide bonds. The lowest BCUT2D eigenvalue weighted by molar-refractivity contribution is -0.384. The zero-order valence-corrected chi connectivity index (χ0v) is 12.1. The summed E-state index contributed by atoms with van der Waals surface area (Å²) in [6.07, 6.45) is -4.75. The van der Waals surface area contributed by atoms with Crippen molar-refractivity contribution >= 4 is 23.3 Å². The standard InChI is InChI=1S/C13H13F3N2O5/c1-7(2)12(20)23-6-11(19)17-9-4-3-8(13(14,15)16)5-10(9)18(21)22/h3-5,7H,6H2,1-2H3,(H,17,19). The van der Waals surface area contributed by atoms with Crippen molar-refractivity contribution in [1.82, 2.24) is 0 Å².